The van der Waals surface area contributed by atoms with Crippen molar-refractivity contribution in [3.8, 4) is 0 Å². The highest BCUT2D eigenvalue weighted by atomic mass is 35.5. The van der Waals surface area contributed by atoms with Crippen molar-refractivity contribution in [1.82, 2.24) is 9.80 Å². The minimum Gasteiger partial charge on any atom is -0.333 e. The molecule has 1 aliphatic heterocycles. The Morgan fingerprint density at radius 3 is 2.56 bits per heavy atom. The maximum Gasteiger partial charge on any atom is 0.211 e. The molecule has 4 nitrogen and oxygen atoms in total. The molecule has 1 atom stereocenters. The van der Waals surface area contributed by atoms with Crippen LogP contribution < -0.4 is 0 Å². The van der Waals surface area contributed by atoms with Crippen LogP contribution in [0, 0.1) is 0 Å². The van der Waals surface area contributed by atoms with E-state index in [1.807, 2.05) is 29.2 Å². The summed E-state index contributed by atoms with van der Waals surface area (Å²) in [6.45, 7) is 0.590. The van der Waals surface area contributed by atoms with E-state index in [1.54, 1.807) is 11.8 Å². The molecule has 0 aromatic heterocycles. The van der Waals surface area contributed by atoms with E-state index in [4.69, 9.17) is 16.6 Å². The molecule has 0 radical (unpaired) electrons. The highest BCUT2D eigenvalue weighted by Crippen LogP contribution is 2.28. The van der Waals surface area contributed by atoms with Gasteiger partial charge in [0.25, 0.3) is 0 Å². The van der Waals surface area contributed by atoms with E-state index in [2.05, 4.69) is 11.9 Å². The molecule has 1 aliphatic carbocycles. The van der Waals surface area contributed by atoms with Gasteiger partial charge in [-0.1, -0.05) is 61.2 Å². The van der Waals surface area contributed by atoms with Crippen LogP contribution in [0.25, 0.3) is 0 Å². The van der Waals surface area contributed by atoms with E-state index < -0.39 is 0 Å². The molecule has 6 heteroatoms. The minimum atomic E-state index is 0.0581. The number of benzene rings is 1. The number of thioether (sulfide) groups is 1. The summed E-state index contributed by atoms with van der Waals surface area (Å²) >= 11 is 7.72. The Morgan fingerprint density at radius 2 is 1.92 bits per heavy atom. The Balaban J connectivity index is 1.65. The maximum atomic E-state index is 11.7. The fourth-order valence-electron chi connectivity index (χ4n) is 3.49. The zero-order chi connectivity index (χ0) is 17.6. The maximum absolute atomic E-state index is 11.7. The van der Waals surface area contributed by atoms with Gasteiger partial charge in [-0.25, -0.2) is 0 Å². The molecule has 1 amide bonds. The van der Waals surface area contributed by atoms with Gasteiger partial charge in [0.2, 0.25) is 6.41 Å². The molecule has 3 rings (SSSR count). The van der Waals surface area contributed by atoms with Crippen LogP contribution in [0.2, 0.25) is 5.02 Å². The molecule has 1 aromatic carbocycles. The number of rotatable bonds is 5. The quantitative estimate of drug-likeness (QED) is 0.562. The summed E-state index contributed by atoms with van der Waals surface area (Å²) in [6, 6.07) is 8.13. The summed E-state index contributed by atoms with van der Waals surface area (Å²) in [4.78, 5) is 20.7. The Labute approximate surface area is 159 Å². The fourth-order valence-corrected chi connectivity index (χ4v) is 4.88. The van der Waals surface area contributed by atoms with Crippen LogP contribution in [0.1, 0.15) is 44.1 Å². The van der Waals surface area contributed by atoms with Crippen molar-refractivity contribution < 1.29 is 4.79 Å². The number of carbonyl (C=O) groups is 1. The summed E-state index contributed by atoms with van der Waals surface area (Å²) in [6.07, 6.45) is 8.66. The topological polar surface area (TPSA) is 35.9 Å². The molecule has 1 saturated carbocycles. The normalized spacial score (nSPS) is 23.7. The third-order valence-electron chi connectivity index (χ3n) is 5.02. The Kier molecular flexibility index (Phi) is 6.65. The number of hydrogen-bond acceptors (Lipinski definition) is 3. The van der Waals surface area contributed by atoms with Crippen LogP contribution in [-0.2, 0) is 11.3 Å². The number of aliphatic imine (C=N–C) groups is 1. The van der Waals surface area contributed by atoms with Crippen molar-refractivity contribution in [3.05, 3.63) is 34.9 Å². The lowest BCUT2D eigenvalue weighted by Gasteiger charge is -2.30. The van der Waals surface area contributed by atoms with Crippen molar-refractivity contribution in [3.63, 3.8) is 0 Å². The van der Waals surface area contributed by atoms with Crippen LogP contribution >= 0.6 is 23.4 Å². The monoisotopic (exact) mass is 379 g/mol. The Morgan fingerprint density at radius 1 is 1.24 bits per heavy atom. The van der Waals surface area contributed by atoms with Crippen LogP contribution in [0.15, 0.2) is 29.3 Å². The summed E-state index contributed by atoms with van der Waals surface area (Å²) < 4.78 is 0. The number of amides is 1. The van der Waals surface area contributed by atoms with Gasteiger partial charge in [-0.3, -0.25) is 9.79 Å². The molecule has 1 saturated heterocycles. The predicted molar refractivity (Wildman–Crippen MR) is 106 cm³/mol. The van der Waals surface area contributed by atoms with Gasteiger partial charge in [0.05, 0.1) is 6.04 Å². The van der Waals surface area contributed by atoms with E-state index in [-0.39, 0.29) is 6.17 Å². The molecule has 2 aliphatic rings. The molecular formula is C19H26ClN3OS. The molecule has 1 unspecified atom stereocenters. The third kappa shape index (κ3) is 4.91. The minimum absolute atomic E-state index is 0.0581. The predicted octanol–water partition coefficient (Wildman–Crippen LogP) is 4.38. The van der Waals surface area contributed by atoms with Gasteiger partial charge in [-0.05, 0) is 30.5 Å². The van der Waals surface area contributed by atoms with Crippen LogP contribution in [-0.4, -0.2) is 46.4 Å². The number of nitrogens with zero attached hydrogens (tertiary/aromatic N) is 3. The van der Waals surface area contributed by atoms with Crippen LogP contribution in [0.4, 0.5) is 0 Å². The second-order valence-corrected chi connectivity index (χ2v) is 8.29. The second-order valence-electron chi connectivity index (χ2n) is 6.86. The average molecular weight is 380 g/mol. The number of carbonyl (C=O) groups excluding carboxylic acids is 1. The van der Waals surface area contributed by atoms with Gasteiger partial charge in [0, 0.05) is 24.4 Å². The zero-order valence-electron chi connectivity index (χ0n) is 14.7. The summed E-state index contributed by atoms with van der Waals surface area (Å²) in [5, 5.41) is 1.80. The van der Waals surface area contributed by atoms with Gasteiger partial charge in [-0.15, -0.1) is 0 Å². The lowest BCUT2D eigenvalue weighted by atomic mass is 10.1. The van der Waals surface area contributed by atoms with Crippen molar-refractivity contribution in [2.45, 2.75) is 57.3 Å². The third-order valence-corrected chi connectivity index (χ3v) is 6.39. The molecule has 0 N–H and O–H groups in total. The molecular weight excluding hydrogens is 354 g/mol. The molecule has 2 fully saturated rings. The zero-order valence-corrected chi connectivity index (χ0v) is 16.3. The van der Waals surface area contributed by atoms with E-state index >= 15 is 0 Å². The highest BCUT2D eigenvalue weighted by Gasteiger charge is 2.32. The van der Waals surface area contributed by atoms with Crippen molar-refractivity contribution >= 4 is 34.9 Å². The molecule has 0 spiro atoms. The summed E-state index contributed by atoms with van der Waals surface area (Å²) in [7, 11) is 2.05. The largest absolute Gasteiger partial charge is 0.333 e. The Bertz CT molecular complexity index is 599. The SMILES string of the molecule is CN1C(=NC2CCCCCC2)SCC1N(C=O)Cc1ccc(Cl)cc1. The molecule has 0 bridgehead atoms. The van der Waals surface area contributed by atoms with Gasteiger partial charge in [-0.2, -0.15) is 0 Å². The molecule has 136 valence electrons. The second kappa shape index (κ2) is 8.95. The summed E-state index contributed by atoms with van der Waals surface area (Å²) in [5.41, 5.74) is 1.09. The van der Waals surface area contributed by atoms with Crippen LogP contribution in [0.5, 0.6) is 0 Å². The van der Waals surface area contributed by atoms with Gasteiger partial charge in [0.15, 0.2) is 5.17 Å². The van der Waals surface area contributed by atoms with E-state index in [0.29, 0.717) is 17.6 Å². The van der Waals surface area contributed by atoms with Crippen molar-refractivity contribution in [2.24, 2.45) is 4.99 Å². The smallest absolute Gasteiger partial charge is 0.211 e. The van der Waals surface area contributed by atoms with Gasteiger partial charge in [0.1, 0.15) is 6.17 Å². The van der Waals surface area contributed by atoms with Crippen molar-refractivity contribution in [1.29, 1.82) is 0 Å². The lowest BCUT2D eigenvalue weighted by Crippen LogP contribution is -2.44. The van der Waals surface area contributed by atoms with Crippen molar-refractivity contribution in [2.75, 3.05) is 12.8 Å². The first kappa shape index (κ1) is 18.6. The molecule has 1 aromatic rings. The molecule has 25 heavy (non-hydrogen) atoms. The first-order valence-electron chi connectivity index (χ1n) is 9.06. The first-order chi connectivity index (χ1) is 12.2. The lowest BCUT2D eigenvalue weighted by molar-refractivity contribution is -0.122. The molecule has 1 heterocycles. The number of halogens is 1. The van der Waals surface area contributed by atoms with E-state index in [9.17, 15) is 4.79 Å². The van der Waals surface area contributed by atoms with E-state index in [1.165, 1.54) is 38.5 Å². The fraction of sp³-hybridized carbons (Fsp3) is 0.579. The summed E-state index contributed by atoms with van der Waals surface area (Å²) in [5.74, 6) is 0.869. The van der Waals surface area contributed by atoms with Gasteiger partial charge < -0.3 is 9.80 Å². The standard InChI is InChI=1S/C19H26ClN3OS/c1-22-18(23(14-24)12-15-8-10-16(20)11-9-15)13-25-19(22)21-17-6-4-2-3-5-7-17/h8-11,14,17-18H,2-7,12-13H2,1H3. The first-order valence-corrected chi connectivity index (χ1v) is 10.4. The van der Waals surface area contributed by atoms with Gasteiger partial charge >= 0.3 is 0 Å². The number of amidine groups is 1. The van der Waals surface area contributed by atoms with E-state index in [0.717, 1.165) is 22.9 Å². The number of hydrogen-bond donors (Lipinski definition) is 0. The highest BCUT2D eigenvalue weighted by molar-refractivity contribution is 8.14. The Hall–Kier alpha value is -1.20. The average Bonchev–Trinajstić information content (AvgIpc) is 2.82. The van der Waals surface area contributed by atoms with Crippen LogP contribution in [0.3, 0.4) is 0 Å².